The van der Waals surface area contributed by atoms with Crippen LogP contribution in [0.2, 0.25) is 36.3 Å². The minimum Gasteiger partial charge on any atom is -0.497 e. The monoisotopic (exact) mass is 716 g/mol. The summed E-state index contributed by atoms with van der Waals surface area (Å²) in [6.45, 7) is 26.6. The summed E-state index contributed by atoms with van der Waals surface area (Å²) in [5, 5.41) is 0.204. The van der Waals surface area contributed by atoms with Crippen LogP contribution in [0, 0.1) is 0 Å². The third-order valence-electron chi connectivity index (χ3n) is 10.5. The van der Waals surface area contributed by atoms with Gasteiger partial charge in [-0.3, -0.25) is 0 Å². The standard InChI is InChI=1S/C35H64O7S2Si2/c1-33(2,3)45(10,11)40-20-19-28-29(42-46(12,13)34(4,5)6)23-30(38-24-26-15-17-27(37-9)18-16-26)35(7,41-28)31(39-25-36-8)32-43-21-14-22-44-32/h15-18,28-32H,14,19-25H2,1-13H3/t28-,29+,30-,31+,35-/m0/s1. The van der Waals surface area contributed by atoms with Crippen LogP contribution in [0.4, 0.5) is 0 Å². The molecule has 2 saturated heterocycles. The summed E-state index contributed by atoms with van der Waals surface area (Å²) in [7, 11) is -0.692. The van der Waals surface area contributed by atoms with Crippen molar-refractivity contribution in [2.45, 2.75) is 145 Å². The van der Waals surface area contributed by atoms with E-state index in [0.717, 1.165) is 35.7 Å². The van der Waals surface area contributed by atoms with E-state index in [-0.39, 0.29) is 45.9 Å². The minimum atomic E-state index is -2.13. The number of hydrogen-bond acceptors (Lipinski definition) is 9. The van der Waals surface area contributed by atoms with Crippen LogP contribution in [0.15, 0.2) is 24.3 Å². The number of hydrogen-bond donors (Lipinski definition) is 0. The fourth-order valence-corrected chi connectivity index (χ4v) is 11.1. The van der Waals surface area contributed by atoms with E-state index >= 15 is 0 Å². The summed E-state index contributed by atoms with van der Waals surface area (Å²) in [6.07, 6.45) is 1.92. The number of rotatable bonds is 15. The summed E-state index contributed by atoms with van der Waals surface area (Å²) in [4.78, 5) is 0. The first-order valence-electron chi connectivity index (χ1n) is 16.9. The zero-order valence-electron chi connectivity index (χ0n) is 31.0. The number of thioether (sulfide) groups is 2. The van der Waals surface area contributed by atoms with Crippen LogP contribution < -0.4 is 4.74 Å². The average molecular weight is 717 g/mol. The highest BCUT2D eigenvalue weighted by Crippen LogP contribution is 2.47. The van der Waals surface area contributed by atoms with Gasteiger partial charge in [0, 0.05) is 20.1 Å². The molecule has 7 nitrogen and oxygen atoms in total. The molecule has 2 heterocycles. The predicted octanol–water partition coefficient (Wildman–Crippen LogP) is 9.12. The summed E-state index contributed by atoms with van der Waals surface area (Å²) in [6, 6.07) is 8.10. The van der Waals surface area contributed by atoms with Crippen LogP contribution in [0.3, 0.4) is 0 Å². The number of ether oxygens (including phenoxy) is 5. The quantitative estimate of drug-likeness (QED) is 0.131. The molecular formula is C35H64O7S2Si2. The topological polar surface area (TPSA) is 64.6 Å². The third kappa shape index (κ3) is 10.5. The van der Waals surface area contributed by atoms with Gasteiger partial charge in [0.1, 0.15) is 24.2 Å². The predicted molar refractivity (Wildman–Crippen MR) is 199 cm³/mol. The molecule has 1 aromatic rings. The van der Waals surface area contributed by atoms with Gasteiger partial charge in [-0.2, -0.15) is 0 Å². The van der Waals surface area contributed by atoms with Crippen molar-refractivity contribution in [2.75, 3.05) is 39.1 Å². The highest BCUT2D eigenvalue weighted by Gasteiger charge is 2.56. The molecular weight excluding hydrogens is 653 g/mol. The van der Waals surface area contributed by atoms with Crippen LogP contribution in [0.5, 0.6) is 5.75 Å². The number of benzene rings is 1. The first-order valence-corrected chi connectivity index (χ1v) is 24.8. The second-order valence-electron chi connectivity index (χ2n) is 16.0. The Balaban J connectivity index is 2.00. The molecule has 5 atom stereocenters. The zero-order valence-corrected chi connectivity index (χ0v) is 34.7. The van der Waals surface area contributed by atoms with Crippen molar-refractivity contribution in [1.29, 1.82) is 0 Å². The smallest absolute Gasteiger partial charge is 0.192 e. The Kier molecular flexibility index (Phi) is 14.7. The van der Waals surface area contributed by atoms with Crippen molar-refractivity contribution in [2.24, 2.45) is 0 Å². The van der Waals surface area contributed by atoms with Crippen LogP contribution >= 0.6 is 23.5 Å². The molecule has 2 aliphatic rings. The van der Waals surface area contributed by atoms with Crippen molar-refractivity contribution in [3.8, 4) is 5.75 Å². The van der Waals surface area contributed by atoms with Crippen molar-refractivity contribution in [3.63, 3.8) is 0 Å². The van der Waals surface area contributed by atoms with E-state index in [2.05, 4.69) is 86.8 Å². The van der Waals surface area contributed by atoms with E-state index in [1.54, 1.807) is 14.2 Å². The second-order valence-corrected chi connectivity index (χ2v) is 28.4. The highest BCUT2D eigenvalue weighted by atomic mass is 32.2. The minimum absolute atomic E-state index is 0.0644. The van der Waals surface area contributed by atoms with E-state index in [0.29, 0.717) is 13.2 Å². The lowest BCUT2D eigenvalue weighted by molar-refractivity contribution is -0.276. The molecule has 0 amide bonds. The molecule has 11 heteroatoms. The molecule has 2 aliphatic heterocycles. The van der Waals surface area contributed by atoms with Gasteiger partial charge in [-0.05, 0) is 85.2 Å². The molecule has 0 radical (unpaired) electrons. The lowest BCUT2D eigenvalue weighted by Crippen LogP contribution is -2.65. The molecule has 266 valence electrons. The summed E-state index contributed by atoms with van der Waals surface area (Å²) in [5.41, 5.74) is 0.354. The van der Waals surface area contributed by atoms with Gasteiger partial charge in [-0.1, -0.05) is 53.7 Å². The van der Waals surface area contributed by atoms with Crippen LogP contribution in [-0.2, 0) is 34.4 Å². The van der Waals surface area contributed by atoms with Gasteiger partial charge in [-0.15, -0.1) is 23.5 Å². The van der Waals surface area contributed by atoms with Gasteiger partial charge in [-0.25, -0.2) is 0 Å². The SMILES string of the molecule is COCO[C@H](C1SCCCS1)[C@@]1(C)O[C@@H](CCO[Si](C)(C)C(C)(C)C)[C@H](O[Si](C)(C)C(C)(C)C)C[C@@H]1OCc1ccc(OC)cc1. The van der Waals surface area contributed by atoms with Crippen molar-refractivity contribution >= 4 is 40.2 Å². The van der Waals surface area contributed by atoms with E-state index in [1.807, 2.05) is 35.7 Å². The van der Waals surface area contributed by atoms with Gasteiger partial charge in [0.15, 0.2) is 16.6 Å². The Labute approximate surface area is 291 Å². The fraction of sp³-hybridized carbons (Fsp3) is 0.829. The largest absolute Gasteiger partial charge is 0.497 e. The molecule has 3 rings (SSSR count). The Morgan fingerprint density at radius 3 is 2.09 bits per heavy atom. The van der Waals surface area contributed by atoms with Crippen LogP contribution in [0.25, 0.3) is 0 Å². The summed E-state index contributed by atoms with van der Waals surface area (Å²) in [5.74, 6) is 3.05. The molecule has 46 heavy (non-hydrogen) atoms. The van der Waals surface area contributed by atoms with Crippen molar-refractivity contribution < 1.29 is 32.5 Å². The van der Waals surface area contributed by atoms with E-state index in [4.69, 9.17) is 32.5 Å². The van der Waals surface area contributed by atoms with E-state index < -0.39 is 22.2 Å². The van der Waals surface area contributed by atoms with Crippen LogP contribution in [-0.4, -0.2) is 90.4 Å². The van der Waals surface area contributed by atoms with Gasteiger partial charge in [0.2, 0.25) is 0 Å². The summed E-state index contributed by atoms with van der Waals surface area (Å²) >= 11 is 3.93. The number of methoxy groups -OCH3 is 2. The second kappa shape index (κ2) is 16.7. The molecule has 0 saturated carbocycles. The molecule has 2 fully saturated rings. The molecule has 0 aliphatic carbocycles. The molecule has 0 bridgehead atoms. The van der Waals surface area contributed by atoms with Gasteiger partial charge < -0.3 is 32.5 Å². The Morgan fingerprint density at radius 2 is 1.54 bits per heavy atom. The maximum absolute atomic E-state index is 7.38. The first-order chi connectivity index (χ1) is 21.3. The van der Waals surface area contributed by atoms with E-state index in [1.165, 1.54) is 6.42 Å². The normalized spacial score (nSPS) is 26.2. The zero-order chi connectivity index (χ0) is 34.4. The maximum atomic E-state index is 7.38. The Bertz CT molecular complexity index is 1050. The third-order valence-corrected chi connectivity index (χ3v) is 22.5. The molecule has 0 spiro atoms. The van der Waals surface area contributed by atoms with Crippen molar-refractivity contribution in [3.05, 3.63) is 29.8 Å². The first kappa shape index (κ1) is 40.3. The van der Waals surface area contributed by atoms with E-state index in [9.17, 15) is 0 Å². The fourth-order valence-electron chi connectivity index (χ4n) is 5.38. The van der Waals surface area contributed by atoms with Crippen LogP contribution in [0.1, 0.15) is 73.3 Å². The highest BCUT2D eigenvalue weighted by molar-refractivity contribution is 8.17. The molecule has 0 unspecified atom stereocenters. The Hall–Kier alpha value is -0.0862. The lowest BCUT2D eigenvalue weighted by atomic mass is 9.83. The van der Waals surface area contributed by atoms with Gasteiger partial charge >= 0.3 is 0 Å². The maximum Gasteiger partial charge on any atom is 0.192 e. The van der Waals surface area contributed by atoms with Gasteiger partial charge in [0.05, 0.1) is 36.6 Å². The van der Waals surface area contributed by atoms with Gasteiger partial charge in [0.25, 0.3) is 0 Å². The van der Waals surface area contributed by atoms with Crippen molar-refractivity contribution in [1.82, 2.24) is 0 Å². The average Bonchev–Trinajstić information content (AvgIpc) is 2.97. The Morgan fingerprint density at radius 1 is 0.935 bits per heavy atom. The molecule has 0 N–H and O–H groups in total. The lowest BCUT2D eigenvalue weighted by Gasteiger charge is -2.54. The summed E-state index contributed by atoms with van der Waals surface area (Å²) < 4.78 is 45.9. The molecule has 0 aromatic heterocycles. The molecule has 1 aromatic carbocycles.